The molecule has 7 rings (SSSR count). The fourth-order valence-corrected chi connectivity index (χ4v) is 6.44. The summed E-state index contributed by atoms with van der Waals surface area (Å²) in [5.74, 6) is 1.99. The van der Waals surface area contributed by atoms with Crippen LogP contribution in [0.15, 0.2) is 109 Å². The van der Waals surface area contributed by atoms with Crippen molar-refractivity contribution in [2.45, 2.75) is 0 Å². The van der Waals surface area contributed by atoms with E-state index in [9.17, 15) is 9.46 Å². The van der Waals surface area contributed by atoms with Crippen LogP contribution >= 0.6 is 7.82 Å². The van der Waals surface area contributed by atoms with Crippen LogP contribution in [0.3, 0.4) is 0 Å². The van der Waals surface area contributed by atoms with Gasteiger partial charge in [-0.3, -0.25) is 4.89 Å². The molecule has 1 aliphatic heterocycles. The lowest BCUT2D eigenvalue weighted by Crippen LogP contribution is -2.00. The summed E-state index contributed by atoms with van der Waals surface area (Å²) < 4.78 is 36.4. The van der Waals surface area contributed by atoms with Crippen LogP contribution in [0.25, 0.3) is 54.9 Å². The summed E-state index contributed by atoms with van der Waals surface area (Å²) in [6.45, 7) is 0. The van der Waals surface area contributed by atoms with Crippen molar-refractivity contribution >= 4 is 29.4 Å². The first-order valence-corrected chi connectivity index (χ1v) is 14.6. The highest BCUT2D eigenvalue weighted by Crippen LogP contribution is 2.61. The minimum atomic E-state index is -4.63. The van der Waals surface area contributed by atoms with Gasteiger partial charge in [-0.1, -0.05) is 72.8 Å². The Kier molecular flexibility index (Phi) is 5.97. The Hall–Kier alpha value is -4.77. The van der Waals surface area contributed by atoms with Gasteiger partial charge in [-0.2, -0.15) is 0 Å². The molecule has 0 bridgehead atoms. The molecule has 202 valence electrons. The molecule has 0 aromatic heterocycles. The number of hydrogen-bond donors (Lipinski definition) is 1. The number of methoxy groups -OCH3 is 2. The summed E-state index contributed by atoms with van der Waals surface area (Å²) >= 11 is 0. The molecule has 0 amide bonds. The van der Waals surface area contributed by atoms with Crippen LogP contribution in [0.1, 0.15) is 0 Å². The van der Waals surface area contributed by atoms with Gasteiger partial charge in [0.2, 0.25) is 0 Å². The minimum Gasteiger partial charge on any atom is -0.497 e. The Bertz CT molecular complexity index is 1860. The third kappa shape index (κ3) is 4.29. The van der Waals surface area contributed by atoms with Gasteiger partial charge in [0.1, 0.15) is 23.0 Å². The van der Waals surface area contributed by atoms with E-state index in [0.717, 1.165) is 32.7 Å². The van der Waals surface area contributed by atoms with Crippen molar-refractivity contribution in [3.63, 3.8) is 0 Å². The lowest BCUT2D eigenvalue weighted by molar-refractivity contribution is 0.295. The van der Waals surface area contributed by atoms with E-state index in [1.54, 1.807) is 14.2 Å². The summed E-state index contributed by atoms with van der Waals surface area (Å²) in [6.07, 6.45) is 0. The molecule has 0 fully saturated rings. The first-order chi connectivity index (χ1) is 20.0. The Morgan fingerprint density at radius 1 is 0.585 bits per heavy atom. The molecular weight excluding hydrogens is 535 g/mol. The Morgan fingerprint density at radius 2 is 0.976 bits per heavy atom. The lowest BCUT2D eigenvalue weighted by Gasteiger charge is -2.18. The molecule has 6 nitrogen and oxygen atoms in total. The Morgan fingerprint density at radius 3 is 1.37 bits per heavy atom. The molecule has 0 atom stereocenters. The zero-order valence-electron chi connectivity index (χ0n) is 22.3. The fourth-order valence-electron chi connectivity index (χ4n) is 5.56. The van der Waals surface area contributed by atoms with Gasteiger partial charge in [-0.05, 0) is 69.1 Å². The number of ether oxygens (including phenoxy) is 2. The third-order valence-corrected chi connectivity index (χ3v) is 8.30. The monoisotopic (exact) mass is 560 g/mol. The van der Waals surface area contributed by atoms with Crippen molar-refractivity contribution in [1.29, 1.82) is 0 Å². The van der Waals surface area contributed by atoms with Crippen LogP contribution in [-0.2, 0) is 4.57 Å². The molecule has 0 unspecified atom stereocenters. The molecule has 1 N–H and O–H groups in total. The molecule has 6 aromatic carbocycles. The molecule has 0 spiro atoms. The van der Waals surface area contributed by atoms with Crippen molar-refractivity contribution in [3.05, 3.63) is 109 Å². The predicted octanol–water partition coefficient (Wildman–Crippen LogP) is 8.88. The highest BCUT2D eigenvalue weighted by Gasteiger charge is 2.37. The zero-order chi connectivity index (χ0) is 28.1. The Labute approximate surface area is 236 Å². The number of benzene rings is 6. The van der Waals surface area contributed by atoms with Crippen molar-refractivity contribution < 1.29 is 28.0 Å². The fraction of sp³-hybridized carbons (Fsp3) is 0.0588. The molecule has 41 heavy (non-hydrogen) atoms. The summed E-state index contributed by atoms with van der Waals surface area (Å²) in [6, 6.07) is 34.9. The zero-order valence-corrected chi connectivity index (χ0v) is 23.2. The average Bonchev–Trinajstić information content (AvgIpc) is 3.13. The quantitative estimate of drug-likeness (QED) is 0.217. The van der Waals surface area contributed by atoms with Gasteiger partial charge < -0.3 is 18.5 Å². The maximum Gasteiger partial charge on any atom is 0.584 e. The summed E-state index contributed by atoms with van der Waals surface area (Å²) in [5, 5.41) is 3.67. The van der Waals surface area contributed by atoms with E-state index in [0.29, 0.717) is 33.8 Å². The molecule has 6 aromatic rings. The molecule has 1 heterocycles. The second-order valence-corrected chi connectivity index (χ2v) is 11.1. The maximum absolute atomic E-state index is 13.7. The number of rotatable bonds is 4. The predicted molar refractivity (Wildman–Crippen MR) is 162 cm³/mol. The van der Waals surface area contributed by atoms with Crippen LogP contribution in [-0.4, -0.2) is 19.1 Å². The second-order valence-electron chi connectivity index (χ2n) is 9.81. The van der Waals surface area contributed by atoms with Crippen molar-refractivity contribution in [3.8, 4) is 56.4 Å². The molecule has 0 saturated heterocycles. The highest BCUT2D eigenvalue weighted by molar-refractivity contribution is 7.48. The summed E-state index contributed by atoms with van der Waals surface area (Å²) in [4.78, 5) is 11.2. The Balaban J connectivity index is 1.64. The largest absolute Gasteiger partial charge is 0.584 e. The van der Waals surface area contributed by atoms with E-state index in [2.05, 4.69) is 0 Å². The molecule has 0 saturated carbocycles. The van der Waals surface area contributed by atoms with Crippen LogP contribution in [0, 0.1) is 0 Å². The van der Waals surface area contributed by atoms with Gasteiger partial charge in [0.25, 0.3) is 0 Å². The van der Waals surface area contributed by atoms with Gasteiger partial charge in [0.05, 0.1) is 14.2 Å². The van der Waals surface area contributed by atoms with Gasteiger partial charge in [0.15, 0.2) is 0 Å². The van der Waals surface area contributed by atoms with E-state index < -0.39 is 7.82 Å². The smallest absolute Gasteiger partial charge is 0.497 e. The van der Waals surface area contributed by atoms with E-state index in [1.165, 1.54) is 0 Å². The van der Waals surface area contributed by atoms with Crippen LogP contribution in [0.4, 0.5) is 0 Å². The molecule has 1 aliphatic rings. The molecule has 0 radical (unpaired) electrons. The van der Waals surface area contributed by atoms with E-state index in [4.69, 9.17) is 18.5 Å². The van der Waals surface area contributed by atoms with Crippen LogP contribution in [0.5, 0.6) is 23.0 Å². The number of phosphoric acid groups is 1. The van der Waals surface area contributed by atoms with Gasteiger partial charge in [-0.25, -0.2) is 4.57 Å². The van der Waals surface area contributed by atoms with Crippen molar-refractivity contribution in [2.24, 2.45) is 0 Å². The SMILES string of the molecule is COc1ccc(-c2cc3ccccc3c3c2OP(=O)(O)Oc2c(-c4ccc(OC)cc4)cc4ccccc4c2-3)cc1. The van der Waals surface area contributed by atoms with Crippen LogP contribution in [0.2, 0.25) is 0 Å². The standard InChI is InChI=1S/C34H25O6P/c1-37-25-15-11-21(12-16-25)29-19-23-7-3-5-9-27(23)31-32-28-10-6-4-8-24(28)20-30(22-13-17-26(38-2)18-14-22)34(32)40-41(35,36)39-33(29)31/h3-20H,1-2H3,(H,35,36). The first-order valence-electron chi connectivity index (χ1n) is 13.1. The molecule has 0 aliphatic carbocycles. The number of hydrogen-bond acceptors (Lipinski definition) is 5. The lowest BCUT2D eigenvalue weighted by atomic mass is 9.86. The average molecular weight is 561 g/mol. The van der Waals surface area contributed by atoms with Crippen LogP contribution < -0.4 is 18.5 Å². The van der Waals surface area contributed by atoms with E-state index in [-0.39, 0.29) is 11.5 Å². The third-order valence-electron chi connectivity index (χ3n) is 7.47. The summed E-state index contributed by atoms with van der Waals surface area (Å²) in [7, 11) is -1.40. The van der Waals surface area contributed by atoms with E-state index >= 15 is 0 Å². The van der Waals surface area contributed by atoms with Gasteiger partial charge >= 0.3 is 7.82 Å². The maximum atomic E-state index is 13.7. The first kappa shape index (κ1) is 25.2. The number of fused-ring (bicyclic) bond motifs is 7. The normalized spacial score (nSPS) is 13.4. The number of phosphoric ester groups is 1. The second kappa shape index (κ2) is 9.70. The summed E-state index contributed by atoms with van der Waals surface area (Å²) in [5.41, 5.74) is 4.36. The van der Waals surface area contributed by atoms with Gasteiger partial charge in [-0.15, -0.1) is 0 Å². The highest BCUT2D eigenvalue weighted by atomic mass is 31.2. The van der Waals surface area contributed by atoms with E-state index in [1.807, 2.05) is 109 Å². The molecule has 7 heteroatoms. The van der Waals surface area contributed by atoms with Gasteiger partial charge in [0, 0.05) is 22.3 Å². The minimum absolute atomic E-state index is 0.287. The molecular formula is C34H25O6P. The van der Waals surface area contributed by atoms with Crippen molar-refractivity contribution in [1.82, 2.24) is 0 Å². The topological polar surface area (TPSA) is 74.2 Å². The van der Waals surface area contributed by atoms with Crippen molar-refractivity contribution in [2.75, 3.05) is 14.2 Å².